The van der Waals surface area contributed by atoms with Gasteiger partial charge in [-0.05, 0) is 83.4 Å². The maximum atomic E-state index is 5.82. The molecule has 1 saturated heterocycles. The predicted octanol–water partition coefficient (Wildman–Crippen LogP) is 6.48. The van der Waals surface area contributed by atoms with Crippen molar-refractivity contribution in [1.29, 1.82) is 0 Å². The molecule has 2 atom stereocenters. The van der Waals surface area contributed by atoms with Gasteiger partial charge in [-0.3, -0.25) is 0 Å². The van der Waals surface area contributed by atoms with Crippen LogP contribution < -0.4 is 0 Å². The van der Waals surface area contributed by atoms with Gasteiger partial charge in [-0.15, -0.1) is 0 Å². The second-order valence-corrected chi connectivity index (χ2v) is 15.0. The maximum absolute atomic E-state index is 5.82. The van der Waals surface area contributed by atoms with Gasteiger partial charge >= 0.3 is 0 Å². The third-order valence-corrected chi connectivity index (χ3v) is 11.4. The van der Waals surface area contributed by atoms with Gasteiger partial charge in [0.05, 0.1) is 6.10 Å². The summed E-state index contributed by atoms with van der Waals surface area (Å²) in [5, 5.41) is 0. The molecule has 0 aromatic rings. The molecule has 1 fully saturated rings. The predicted molar refractivity (Wildman–Crippen MR) is 103 cm³/mol. The standard InChI is InChI=1S/C17H35IOS/c1-3-5-15-20(18,14-4-2)16-10-6-7-11-17-12-8-9-13-19-17/h17H,3-16H2,1-2H3. The van der Waals surface area contributed by atoms with Gasteiger partial charge < -0.3 is 4.74 Å². The molecule has 1 heterocycles. The highest BCUT2D eigenvalue weighted by molar-refractivity contribution is 14.2. The molecule has 0 aromatic heterocycles. The molecular weight excluding hydrogens is 379 g/mol. The zero-order valence-electron chi connectivity index (χ0n) is 13.7. The van der Waals surface area contributed by atoms with Crippen LogP contribution in [0, 0.1) is 0 Å². The maximum Gasteiger partial charge on any atom is 0.0575 e. The summed E-state index contributed by atoms with van der Waals surface area (Å²) in [6.07, 6.45) is 14.3. The van der Waals surface area contributed by atoms with Crippen LogP contribution in [0.4, 0.5) is 0 Å². The summed E-state index contributed by atoms with van der Waals surface area (Å²) < 4.78 is 5.82. The molecule has 0 radical (unpaired) electrons. The minimum Gasteiger partial charge on any atom is -0.378 e. The molecule has 0 bridgehead atoms. The van der Waals surface area contributed by atoms with E-state index < -0.39 is 0 Å². The van der Waals surface area contributed by atoms with Crippen molar-refractivity contribution in [3.63, 3.8) is 0 Å². The average Bonchev–Trinajstić information content (AvgIpc) is 2.46. The summed E-state index contributed by atoms with van der Waals surface area (Å²) in [6.45, 7) is 5.69. The van der Waals surface area contributed by atoms with Gasteiger partial charge in [0.25, 0.3) is 0 Å². The fourth-order valence-electron chi connectivity index (χ4n) is 3.02. The Labute approximate surface area is 140 Å². The van der Waals surface area contributed by atoms with Gasteiger partial charge in [0.2, 0.25) is 0 Å². The van der Waals surface area contributed by atoms with E-state index in [9.17, 15) is 0 Å². The highest BCUT2D eigenvalue weighted by Crippen LogP contribution is 2.57. The minimum atomic E-state index is -0.318. The molecule has 1 nitrogen and oxygen atoms in total. The van der Waals surface area contributed by atoms with Crippen LogP contribution in [0.1, 0.15) is 78.1 Å². The number of rotatable bonds is 11. The highest BCUT2D eigenvalue weighted by atomic mass is 127. The Balaban J connectivity index is 2.09. The Morgan fingerprint density at radius 1 is 0.950 bits per heavy atom. The lowest BCUT2D eigenvalue weighted by Gasteiger charge is -2.33. The molecule has 1 aliphatic heterocycles. The Morgan fingerprint density at radius 3 is 2.40 bits per heavy atom. The van der Waals surface area contributed by atoms with E-state index in [4.69, 9.17) is 4.74 Å². The molecule has 2 unspecified atom stereocenters. The quantitative estimate of drug-likeness (QED) is 0.278. The van der Waals surface area contributed by atoms with Gasteiger partial charge in [0, 0.05) is 6.61 Å². The number of hydrogen-bond donors (Lipinski definition) is 0. The summed E-state index contributed by atoms with van der Waals surface area (Å²) in [5.41, 5.74) is 0. The Morgan fingerprint density at radius 2 is 1.75 bits per heavy atom. The Kier molecular flexibility index (Phi) is 11.1. The minimum absolute atomic E-state index is 0.318. The summed E-state index contributed by atoms with van der Waals surface area (Å²) in [7, 11) is -0.318. The van der Waals surface area contributed by atoms with Crippen LogP contribution >= 0.6 is 28.4 Å². The highest BCUT2D eigenvalue weighted by Gasteiger charge is 2.18. The van der Waals surface area contributed by atoms with Crippen molar-refractivity contribution in [2.24, 2.45) is 0 Å². The first-order chi connectivity index (χ1) is 9.70. The number of halogens is 1. The molecule has 3 heteroatoms. The molecule has 0 aromatic carbocycles. The van der Waals surface area contributed by atoms with Crippen molar-refractivity contribution in [2.75, 3.05) is 23.9 Å². The second-order valence-electron chi connectivity index (χ2n) is 6.24. The van der Waals surface area contributed by atoms with Crippen molar-refractivity contribution in [3.8, 4) is 0 Å². The van der Waals surface area contributed by atoms with E-state index in [2.05, 4.69) is 35.1 Å². The summed E-state index contributed by atoms with van der Waals surface area (Å²) in [5.74, 6) is 4.50. The molecule has 0 amide bonds. The van der Waals surface area contributed by atoms with Gasteiger partial charge in [0.15, 0.2) is 0 Å². The average molecular weight is 414 g/mol. The fraction of sp³-hybridized carbons (Fsp3) is 1.00. The van der Waals surface area contributed by atoms with Gasteiger partial charge in [-0.1, -0.05) is 33.1 Å². The first-order valence-corrected chi connectivity index (χ1v) is 13.5. The second kappa shape index (κ2) is 11.6. The Bertz CT molecular complexity index is 231. The van der Waals surface area contributed by atoms with Crippen LogP contribution in [-0.4, -0.2) is 30.0 Å². The molecule has 1 aliphatic rings. The number of ether oxygens (including phenoxy) is 1. The van der Waals surface area contributed by atoms with E-state index in [1.165, 1.54) is 81.5 Å². The van der Waals surface area contributed by atoms with Gasteiger partial charge in [-0.2, -0.15) is 7.20 Å². The first kappa shape index (κ1) is 19.1. The van der Waals surface area contributed by atoms with Crippen LogP contribution in [-0.2, 0) is 4.74 Å². The summed E-state index contributed by atoms with van der Waals surface area (Å²) in [4.78, 5) is 0. The van der Waals surface area contributed by atoms with Crippen LogP contribution in [0.2, 0.25) is 0 Å². The van der Waals surface area contributed by atoms with Crippen molar-refractivity contribution in [3.05, 3.63) is 0 Å². The normalized spacial score (nSPS) is 24.2. The van der Waals surface area contributed by atoms with Crippen molar-refractivity contribution in [2.45, 2.75) is 84.2 Å². The molecule has 0 spiro atoms. The van der Waals surface area contributed by atoms with Crippen LogP contribution in [0.25, 0.3) is 0 Å². The lowest BCUT2D eigenvalue weighted by molar-refractivity contribution is 0.00985. The lowest BCUT2D eigenvalue weighted by atomic mass is 10.0. The topological polar surface area (TPSA) is 9.23 Å². The molecule has 0 N–H and O–H groups in total. The van der Waals surface area contributed by atoms with Crippen molar-refractivity contribution < 1.29 is 4.74 Å². The van der Waals surface area contributed by atoms with Crippen molar-refractivity contribution >= 4 is 28.4 Å². The summed E-state index contributed by atoms with van der Waals surface area (Å²) >= 11 is 2.85. The van der Waals surface area contributed by atoms with Gasteiger partial charge in [0.1, 0.15) is 0 Å². The lowest BCUT2D eigenvalue weighted by Crippen LogP contribution is -2.18. The molecule has 20 heavy (non-hydrogen) atoms. The summed E-state index contributed by atoms with van der Waals surface area (Å²) in [6, 6.07) is 0. The van der Waals surface area contributed by atoms with E-state index in [-0.39, 0.29) is 7.20 Å². The van der Waals surface area contributed by atoms with E-state index >= 15 is 0 Å². The largest absolute Gasteiger partial charge is 0.378 e. The monoisotopic (exact) mass is 414 g/mol. The smallest absolute Gasteiger partial charge is 0.0575 e. The molecule has 0 aliphatic carbocycles. The molecular formula is C17H35IOS. The number of hydrogen-bond acceptors (Lipinski definition) is 1. The third kappa shape index (κ3) is 8.47. The van der Waals surface area contributed by atoms with Gasteiger partial charge in [-0.25, -0.2) is 0 Å². The van der Waals surface area contributed by atoms with Crippen LogP contribution in [0.5, 0.6) is 0 Å². The van der Waals surface area contributed by atoms with Crippen LogP contribution in [0.15, 0.2) is 0 Å². The molecule has 0 saturated carbocycles. The van der Waals surface area contributed by atoms with Crippen molar-refractivity contribution in [1.82, 2.24) is 0 Å². The number of unbranched alkanes of at least 4 members (excludes halogenated alkanes) is 3. The Hall–Kier alpha value is 1.04. The SMILES string of the molecule is CCCCS(I)(CCC)CCCCCC1CCCCO1. The zero-order valence-corrected chi connectivity index (χ0v) is 16.6. The van der Waals surface area contributed by atoms with E-state index in [0.29, 0.717) is 6.10 Å². The zero-order chi connectivity index (χ0) is 14.7. The molecule has 122 valence electrons. The third-order valence-electron chi connectivity index (χ3n) is 4.24. The fourth-order valence-corrected chi connectivity index (χ4v) is 9.08. The van der Waals surface area contributed by atoms with Crippen LogP contribution in [0.3, 0.4) is 0 Å². The first-order valence-electron chi connectivity index (χ1n) is 8.78. The van der Waals surface area contributed by atoms with E-state index in [1.54, 1.807) is 0 Å². The van der Waals surface area contributed by atoms with E-state index in [1.807, 2.05) is 0 Å². The molecule has 1 rings (SSSR count). The van der Waals surface area contributed by atoms with E-state index in [0.717, 1.165) is 6.61 Å².